The van der Waals surface area contributed by atoms with Gasteiger partial charge in [-0.1, -0.05) is 24.3 Å². The first-order chi connectivity index (χ1) is 13.9. The number of sulfonamides is 1. The number of hydrogen-bond donors (Lipinski definition) is 2. The molecule has 0 saturated carbocycles. The molecule has 1 aliphatic heterocycles. The van der Waals surface area contributed by atoms with E-state index in [1.165, 1.54) is 12.1 Å². The smallest absolute Gasteiger partial charge is 0.269 e. The van der Waals surface area contributed by atoms with E-state index >= 15 is 0 Å². The van der Waals surface area contributed by atoms with Crippen LogP contribution in [0.15, 0.2) is 71.9 Å². The van der Waals surface area contributed by atoms with Crippen LogP contribution in [0.25, 0.3) is 11.1 Å². The molecule has 0 fully saturated rings. The van der Waals surface area contributed by atoms with Crippen molar-refractivity contribution in [2.24, 2.45) is 5.14 Å². The lowest BCUT2D eigenvalue weighted by atomic mass is 10.1. The number of nitrogens with zero attached hydrogens (tertiary/aromatic N) is 1. The van der Waals surface area contributed by atoms with E-state index in [1.54, 1.807) is 48.8 Å². The summed E-state index contributed by atoms with van der Waals surface area (Å²) in [5, 5.41) is 7.96. The third kappa shape index (κ3) is 4.05. The number of ether oxygens (including phenoxy) is 2. The van der Waals surface area contributed by atoms with E-state index < -0.39 is 16.1 Å². The molecular formula is C20H17N3O5S. The number of para-hydroxylation sites is 2. The summed E-state index contributed by atoms with van der Waals surface area (Å²) in [6.07, 6.45) is 2.32. The van der Waals surface area contributed by atoms with Crippen LogP contribution in [-0.4, -0.2) is 32.0 Å². The van der Waals surface area contributed by atoms with Gasteiger partial charge in [-0.2, -0.15) is 0 Å². The van der Waals surface area contributed by atoms with Crippen LogP contribution in [0.4, 0.5) is 5.69 Å². The number of pyridine rings is 1. The second kappa shape index (κ2) is 7.53. The highest BCUT2D eigenvalue weighted by atomic mass is 32.2. The van der Waals surface area contributed by atoms with Crippen LogP contribution in [0.3, 0.4) is 0 Å². The van der Waals surface area contributed by atoms with E-state index in [0.717, 1.165) is 0 Å². The lowest BCUT2D eigenvalue weighted by Gasteiger charge is -2.25. The fourth-order valence-corrected chi connectivity index (χ4v) is 3.44. The Morgan fingerprint density at radius 3 is 2.52 bits per heavy atom. The van der Waals surface area contributed by atoms with Crippen molar-refractivity contribution in [2.75, 3.05) is 11.9 Å². The number of benzene rings is 2. The zero-order chi connectivity index (χ0) is 20.4. The van der Waals surface area contributed by atoms with Gasteiger partial charge in [-0.25, -0.2) is 13.6 Å². The van der Waals surface area contributed by atoms with Crippen LogP contribution in [0, 0.1) is 0 Å². The van der Waals surface area contributed by atoms with Crippen LogP contribution in [0.5, 0.6) is 11.5 Å². The molecule has 9 heteroatoms. The molecule has 0 bridgehead atoms. The molecule has 0 aliphatic carbocycles. The number of carbonyl (C=O) groups excluding carboxylic acids is 1. The predicted molar refractivity (Wildman–Crippen MR) is 106 cm³/mol. The number of amides is 1. The third-order valence-electron chi connectivity index (χ3n) is 4.37. The van der Waals surface area contributed by atoms with Gasteiger partial charge in [-0.15, -0.1) is 0 Å². The molecule has 29 heavy (non-hydrogen) atoms. The summed E-state index contributed by atoms with van der Waals surface area (Å²) in [6, 6.07) is 14.8. The summed E-state index contributed by atoms with van der Waals surface area (Å²) in [4.78, 5) is 16.8. The minimum atomic E-state index is -3.79. The fraction of sp³-hybridized carbons (Fsp3) is 0.100. The molecule has 1 aliphatic rings. The SMILES string of the molecule is NS(=O)(=O)c1ccc(-c2cnccc2NC(=O)C2COc3ccccc3O2)cc1. The molecule has 1 atom stereocenters. The molecule has 0 saturated heterocycles. The Hall–Kier alpha value is -3.43. The number of nitrogens with two attached hydrogens (primary N) is 1. The molecule has 148 valence electrons. The zero-order valence-electron chi connectivity index (χ0n) is 15.1. The highest BCUT2D eigenvalue weighted by molar-refractivity contribution is 7.89. The van der Waals surface area contributed by atoms with Crippen LogP contribution in [-0.2, 0) is 14.8 Å². The largest absolute Gasteiger partial charge is 0.485 e. The highest BCUT2D eigenvalue weighted by Crippen LogP contribution is 2.32. The molecule has 1 aromatic heterocycles. The highest BCUT2D eigenvalue weighted by Gasteiger charge is 2.27. The maximum absolute atomic E-state index is 12.7. The van der Waals surface area contributed by atoms with Gasteiger partial charge in [0.1, 0.15) is 6.61 Å². The number of anilines is 1. The van der Waals surface area contributed by atoms with Crippen molar-refractivity contribution in [1.82, 2.24) is 4.98 Å². The normalized spacial score (nSPS) is 15.6. The van der Waals surface area contributed by atoms with E-state index in [2.05, 4.69) is 10.3 Å². The first-order valence-corrected chi connectivity index (χ1v) is 10.2. The Morgan fingerprint density at radius 2 is 1.79 bits per heavy atom. The average molecular weight is 411 g/mol. The number of nitrogens with one attached hydrogen (secondary N) is 1. The Kier molecular flexibility index (Phi) is 4.91. The minimum Gasteiger partial charge on any atom is -0.485 e. The van der Waals surface area contributed by atoms with Gasteiger partial charge in [0.25, 0.3) is 5.91 Å². The Morgan fingerprint density at radius 1 is 1.07 bits per heavy atom. The Bertz CT molecular complexity index is 1160. The molecule has 1 amide bonds. The Labute approximate surface area is 167 Å². The fourth-order valence-electron chi connectivity index (χ4n) is 2.92. The van der Waals surface area contributed by atoms with E-state index in [9.17, 15) is 13.2 Å². The molecule has 1 unspecified atom stereocenters. The summed E-state index contributed by atoms with van der Waals surface area (Å²) >= 11 is 0. The molecule has 3 aromatic rings. The summed E-state index contributed by atoms with van der Waals surface area (Å²) < 4.78 is 34.2. The number of hydrogen-bond acceptors (Lipinski definition) is 6. The molecule has 0 spiro atoms. The zero-order valence-corrected chi connectivity index (χ0v) is 15.9. The van der Waals surface area contributed by atoms with Crippen LogP contribution in [0.2, 0.25) is 0 Å². The lowest BCUT2D eigenvalue weighted by molar-refractivity contribution is -0.125. The van der Waals surface area contributed by atoms with Crippen molar-refractivity contribution in [3.8, 4) is 22.6 Å². The van der Waals surface area contributed by atoms with Crippen LogP contribution < -0.4 is 19.9 Å². The van der Waals surface area contributed by atoms with Gasteiger partial charge in [0.2, 0.25) is 16.1 Å². The van der Waals surface area contributed by atoms with Crippen molar-refractivity contribution in [3.63, 3.8) is 0 Å². The molecule has 3 N–H and O–H groups in total. The molecular weight excluding hydrogens is 394 g/mol. The minimum absolute atomic E-state index is 0.00199. The maximum Gasteiger partial charge on any atom is 0.269 e. The van der Waals surface area contributed by atoms with Crippen molar-refractivity contribution < 1.29 is 22.7 Å². The van der Waals surface area contributed by atoms with Gasteiger partial charge in [0.05, 0.1) is 10.6 Å². The number of rotatable bonds is 4. The summed E-state index contributed by atoms with van der Waals surface area (Å²) in [7, 11) is -3.79. The predicted octanol–water partition coefficient (Wildman–Crippen LogP) is 2.17. The summed E-state index contributed by atoms with van der Waals surface area (Å²) in [6.45, 7) is 0.0896. The quantitative estimate of drug-likeness (QED) is 0.679. The summed E-state index contributed by atoms with van der Waals surface area (Å²) in [5.41, 5.74) is 1.81. The van der Waals surface area contributed by atoms with E-state index in [4.69, 9.17) is 14.6 Å². The monoisotopic (exact) mass is 411 g/mol. The molecule has 4 rings (SSSR count). The van der Waals surface area contributed by atoms with Gasteiger partial charge in [-0.3, -0.25) is 9.78 Å². The van der Waals surface area contributed by atoms with Crippen molar-refractivity contribution >= 4 is 21.6 Å². The van der Waals surface area contributed by atoms with Crippen molar-refractivity contribution in [3.05, 3.63) is 67.0 Å². The third-order valence-corrected chi connectivity index (χ3v) is 5.30. The van der Waals surface area contributed by atoms with Crippen LogP contribution in [0.1, 0.15) is 0 Å². The van der Waals surface area contributed by atoms with Gasteiger partial charge in [-0.05, 0) is 35.9 Å². The van der Waals surface area contributed by atoms with E-state index in [1.807, 2.05) is 6.07 Å². The molecule has 0 radical (unpaired) electrons. The molecule has 2 aromatic carbocycles. The van der Waals surface area contributed by atoms with E-state index in [0.29, 0.717) is 28.3 Å². The van der Waals surface area contributed by atoms with Crippen molar-refractivity contribution in [1.29, 1.82) is 0 Å². The number of aromatic nitrogens is 1. The lowest BCUT2D eigenvalue weighted by Crippen LogP contribution is -2.40. The number of fused-ring (bicyclic) bond motifs is 1. The van der Waals surface area contributed by atoms with Crippen molar-refractivity contribution in [2.45, 2.75) is 11.0 Å². The average Bonchev–Trinajstić information content (AvgIpc) is 2.73. The van der Waals surface area contributed by atoms with E-state index in [-0.39, 0.29) is 17.4 Å². The topological polar surface area (TPSA) is 121 Å². The first-order valence-electron chi connectivity index (χ1n) is 8.68. The van der Waals surface area contributed by atoms with Gasteiger partial charge in [0, 0.05) is 18.0 Å². The standard InChI is InChI=1S/C20H17N3O5S/c21-29(25,26)14-7-5-13(6-8-14)15-11-22-10-9-16(15)23-20(24)19-12-27-17-3-1-2-4-18(17)28-19/h1-11,19H,12H2,(H2,21,25,26)(H,22,23,24). The first kappa shape index (κ1) is 18.9. The molecule has 2 heterocycles. The maximum atomic E-state index is 12.7. The number of primary sulfonamides is 1. The molecule has 8 nitrogen and oxygen atoms in total. The Balaban J connectivity index is 1.55. The van der Waals surface area contributed by atoms with Gasteiger partial charge < -0.3 is 14.8 Å². The summed E-state index contributed by atoms with van der Waals surface area (Å²) in [5.74, 6) is 0.733. The second-order valence-corrected chi connectivity index (χ2v) is 7.91. The van der Waals surface area contributed by atoms with Gasteiger partial charge >= 0.3 is 0 Å². The number of carbonyl (C=O) groups is 1. The van der Waals surface area contributed by atoms with Crippen LogP contribution >= 0.6 is 0 Å². The van der Waals surface area contributed by atoms with Gasteiger partial charge in [0.15, 0.2) is 11.5 Å². The second-order valence-electron chi connectivity index (χ2n) is 6.34.